The first-order valence-electron chi connectivity index (χ1n) is 11.5. The highest BCUT2D eigenvalue weighted by Gasteiger charge is 2.36. The SMILES string of the molecule is C=CC(=O)OCCN1C(=O)C(/C=C/c2ccc(N(CC)CCOC(=O)C=C)cc2)=C(C#N)C1=C(C#N)C#N. The number of likely N-dealkylation sites (N-methyl/N-ethyl adjacent to an activating group) is 1. The fourth-order valence-electron chi connectivity index (χ4n) is 3.55. The third kappa shape index (κ3) is 7.07. The van der Waals surface area contributed by atoms with Gasteiger partial charge in [0.05, 0.1) is 29.9 Å². The Kier molecular flexibility index (Phi) is 10.8. The highest BCUT2D eigenvalue weighted by atomic mass is 16.5. The standard InChI is InChI=1S/C28H25N5O5/c1-4-25(34)37-15-13-32(6-3)22-10-7-20(8-11-22)9-12-23-24(19-31)27(21(17-29)18-30)33(28(23)36)14-16-38-26(35)5-2/h4-5,7-12H,1-2,6,13-16H2,3H3/b12-9+. The maximum Gasteiger partial charge on any atom is 0.330 e. The van der Waals surface area contributed by atoms with E-state index in [1.807, 2.05) is 42.2 Å². The molecule has 192 valence electrons. The quantitative estimate of drug-likeness (QED) is 0.235. The fourth-order valence-corrected chi connectivity index (χ4v) is 3.55. The summed E-state index contributed by atoms with van der Waals surface area (Å²) < 4.78 is 9.96. The van der Waals surface area contributed by atoms with Crippen LogP contribution in [-0.4, -0.2) is 55.6 Å². The normalized spacial score (nSPS) is 12.4. The van der Waals surface area contributed by atoms with Crippen LogP contribution in [0.15, 0.2) is 78.1 Å². The highest BCUT2D eigenvalue weighted by Crippen LogP contribution is 2.32. The van der Waals surface area contributed by atoms with Gasteiger partial charge in [0, 0.05) is 24.4 Å². The molecular formula is C28H25N5O5. The minimum absolute atomic E-state index is 0.00356. The number of benzene rings is 1. The van der Waals surface area contributed by atoms with Crippen LogP contribution in [0.1, 0.15) is 12.5 Å². The van der Waals surface area contributed by atoms with Crippen molar-refractivity contribution in [3.63, 3.8) is 0 Å². The van der Waals surface area contributed by atoms with Gasteiger partial charge in [-0.3, -0.25) is 4.79 Å². The van der Waals surface area contributed by atoms with Gasteiger partial charge >= 0.3 is 11.9 Å². The molecule has 0 aliphatic carbocycles. The van der Waals surface area contributed by atoms with E-state index in [1.54, 1.807) is 18.2 Å². The van der Waals surface area contributed by atoms with E-state index in [1.165, 1.54) is 6.08 Å². The van der Waals surface area contributed by atoms with Crippen LogP contribution in [0.25, 0.3) is 6.08 Å². The lowest BCUT2D eigenvalue weighted by Crippen LogP contribution is -2.30. The van der Waals surface area contributed by atoms with E-state index in [0.717, 1.165) is 28.3 Å². The van der Waals surface area contributed by atoms with Crippen LogP contribution in [0.5, 0.6) is 0 Å². The molecule has 0 aromatic heterocycles. The number of nitriles is 3. The molecule has 38 heavy (non-hydrogen) atoms. The van der Waals surface area contributed by atoms with Crippen LogP contribution < -0.4 is 4.90 Å². The molecule has 0 saturated heterocycles. The molecule has 1 amide bonds. The van der Waals surface area contributed by atoms with Gasteiger partial charge < -0.3 is 19.3 Å². The van der Waals surface area contributed by atoms with E-state index < -0.39 is 23.4 Å². The molecule has 1 heterocycles. The number of hydrogen-bond acceptors (Lipinski definition) is 9. The van der Waals surface area contributed by atoms with Crippen LogP contribution in [0, 0.1) is 34.0 Å². The summed E-state index contributed by atoms with van der Waals surface area (Å²) in [5.74, 6) is -1.78. The first kappa shape index (κ1) is 28.8. The van der Waals surface area contributed by atoms with Crippen molar-refractivity contribution in [1.29, 1.82) is 15.8 Å². The molecule has 0 fully saturated rings. The summed E-state index contributed by atoms with van der Waals surface area (Å²) >= 11 is 0. The van der Waals surface area contributed by atoms with Crippen LogP contribution in [0.3, 0.4) is 0 Å². The summed E-state index contributed by atoms with van der Waals surface area (Å²) in [6.45, 7) is 9.63. The summed E-state index contributed by atoms with van der Waals surface area (Å²) in [5, 5.41) is 28.5. The number of nitrogens with zero attached hydrogens (tertiary/aromatic N) is 5. The molecule has 10 nitrogen and oxygen atoms in total. The number of ether oxygens (including phenoxy) is 2. The first-order valence-corrected chi connectivity index (χ1v) is 11.5. The van der Waals surface area contributed by atoms with Gasteiger partial charge in [-0.05, 0) is 30.7 Å². The van der Waals surface area contributed by atoms with E-state index in [2.05, 4.69) is 13.2 Å². The largest absolute Gasteiger partial charge is 0.461 e. The van der Waals surface area contributed by atoms with Gasteiger partial charge in [0.15, 0.2) is 5.57 Å². The first-order chi connectivity index (χ1) is 18.3. The third-order valence-electron chi connectivity index (χ3n) is 5.40. The van der Waals surface area contributed by atoms with Gasteiger partial charge in [-0.2, -0.15) is 15.8 Å². The second kappa shape index (κ2) is 14.2. The molecule has 1 aliphatic heterocycles. The van der Waals surface area contributed by atoms with E-state index in [4.69, 9.17) is 9.47 Å². The number of esters is 2. The van der Waals surface area contributed by atoms with Crippen LogP contribution in [-0.2, 0) is 23.9 Å². The molecule has 1 aromatic carbocycles. The van der Waals surface area contributed by atoms with Gasteiger partial charge in [-0.15, -0.1) is 0 Å². The Hall–Kier alpha value is -5.40. The van der Waals surface area contributed by atoms with Gasteiger partial charge in [-0.25, -0.2) is 9.59 Å². The zero-order valence-corrected chi connectivity index (χ0v) is 20.8. The number of carbonyl (C=O) groups excluding carboxylic acids is 3. The van der Waals surface area contributed by atoms with Crippen molar-refractivity contribution >= 4 is 29.6 Å². The van der Waals surface area contributed by atoms with E-state index >= 15 is 0 Å². The molecule has 1 aliphatic rings. The lowest BCUT2D eigenvalue weighted by Gasteiger charge is -2.22. The van der Waals surface area contributed by atoms with Crippen molar-refractivity contribution in [2.75, 3.05) is 37.7 Å². The second-order valence-electron chi connectivity index (χ2n) is 7.55. The number of allylic oxidation sites excluding steroid dienone is 2. The molecule has 0 saturated carbocycles. The van der Waals surface area contributed by atoms with Crippen molar-refractivity contribution in [3.05, 3.63) is 83.6 Å². The number of rotatable bonds is 12. The molecule has 0 unspecified atom stereocenters. The van der Waals surface area contributed by atoms with E-state index in [-0.39, 0.29) is 36.6 Å². The topological polar surface area (TPSA) is 148 Å². The second-order valence-corrected chi connectivity index (χ2v) is 7.55. The summed E-state index contributed by atoms with van der Waals surface area (Å²) in [5.41, 5.74) is 0.974. The smallest absolute Gasteiger partial charge is 0.330 e. The molecule has 0 atom stereocenters. The summed E-state index contributed by atoms with van der Waals surface area (Å²) in [7, 11) is 0. The zero-order chi connectivity index (χ0) is 28.1. The van der Waals surface area contributed by atoms with Gasteiger partial charge in [0.25, 0.3) is 5.91 Å². The zero-order valence-electron chi connectivity index (χ0n) is 20.8. The minimum Gasteiger partial charge on any atom is -0.461 e. The van der Waals surface area contributed by atoms with Crippen molar-refractivity contribution < 1.29 is 23.9 Å². The lowest BCUT2D eigenvalue weighted by atomic mass is 10.1. The predicted molar refractivity (Wildman–Crippen MR) is 138 cm³/mol. The Morgan fingerprint density at radius 1 is 1.00 bits per heavy atom. The van der Waals surface area contributed by atoms with E-state index in [0.29, 0.717) is 13.1 Å². The molecule has 1 aromatic rings. The van der Waals surface area contributed by atoms with Crippen LogP contribution in [0.4, 0.5) is 5.69 Å². The molecule has 0 N–H and O–H groups in total. The van der Waals surface area contributed by atoms with Gasteiger partial charge in [-0.1, -0.05) is 31.4 Å². The molecule has 0 bridgehead atoms. The van der Waals surface area contributed by atoms with Crippen molar-refractivity contribution in [1.82, 2.24) is 4.90 Å². The van der Waals surface area contributed by atoms with Crippen LogP contribution in [0.2, 0.25) is 0 Å². The van der Waals surface area contributed by atoms with Gasteiger partial charge in [0.1, 0.15) is 31.4 Å². The van der Waals surface area contributed by atoms with Crippen LogP contribution >= 0.6 is 0 Å². The molecule has 0 spiro atoms. The van der Waals surface area contributed by atoms with Gasteiger partial charge in [0.2, 0.25) is 0 Å². The Labute approximate surface area is 220 Å². The van der Waals surface area contributed by atoms with Crippen molar-refractivity contribution in [2.45, 2.75) is 6.92 Å². The highest BCUT2D eigenvalue weighted by molar-refractivity contribution is 6.05. The minimum atomic E-state index is -0.695. The van der Waals surface area contributed by atoms with E-state index in [9.17, 15) is 30.2 Å². The molecule has 0 radical (unpaired) electrons. The number of hydrogen-bond donors (Lipinski definition) is 0. The molecule has 10 heteroatoms. The summed E-state index contributed by atoms with van der Waals surface area (Å²) in [6.07, 6.45) is 5.16. The number of amides is 1. The predicted octanol–water partition coefficient (Wildman–Crippen LogP) is 2.95. The third-order valence-corrected chi connectivity index (χ3v) is 5.40. The lowest BCUT2D eigenvalue weighted by molar-refractivity contribution is -0.139. The average molecular weight is 512 g/mol. The Balaban J connectivity index is 2.28. The average Bonchev–Trinajstić information content (AvgIpc) is 3.20. The van der Waals surface area contributed by atoms with Crippen molar-refractivity contribution in [2.24, 2.45) is 0 Å². The summed E-state index contributed by atoms with van der Waals surface area (Å²) in [4.78, 5) is 38.8. The number of carbonyl (C=O) groups is 3. The number of anilines is 1. The Morgan fingerprint density at radius 3 is 2.13 bits per heavy atom. The fraction of sp³-hybridized carbons (Fsp3) is 0.214. The summed E-state index contributed by atoms with van der Waals surface area (Å²) in [6, 6.07) is 12.7. The van der Waals surface area contributed by atoms with Crippen molar-refractivity contribution in [3.8, 4) is 18.2 Å². The maximum absolute atomic E-state index is 13.1. The monoisotopic (exact) mass is 511 g/mol. The Morgan fingerprint density at radius 2 is 1.61 bits per heavy atom. The molecule has 2 rings (SSSR count). The molecular weight excluding hydrogens is 486 g/mol. The maximum atomic E-state index is 13.1. The Bertz CT molecular complexity index is 1320.